The third kappa shape index (κ3) is 6.11. The fourth-order valence-electron chi connectivity index (χ4n) is 1.52. The van der Waals surface area contributed by atoms with E-state index in [1.54, 1.807) is 5.32 Å². The maximum atomic E-state index is 12.9. The third-order valence-corrected chi connectivity index (χ3v) is 3.48. The minimum absolute atomic E-state index is 0.336. The number of carbonyl (C=O) groups excluding carboxylic acids is 1. The summed E-state index contributed by atoms with van der Waals surface area (Å²) in [6.07, 6.45) is -4.48. The molecular weight excluding hydrogens is 314 g/mol. The van der Waals surface area contributed by atoms with Gasteiger partial charge < -0.3 is 5.32 Å². The molecule has 0 aliphatic carbocycles. The first-order chi connectivity index (χ1) is 9.49. The van der Waals surface area contributed by atoms with Crippen molar-refractivity contribution in [3.63, 3.8) is 0 Å². The van der Waals surface area contributed by atoms with Crippen molar-refractivity contribution >= 4 is 15.7 Å². The van der Waals surface area contributed by atoms with E-state index in [4.69, 9.17) is 0 Å². The van der Waals surface area contributed by atoms with Gasteiger partial charge >= 0.3 is 6.18 Å². The highest BCUT2D eigenvalue weighted by molar-refractivity contribution is 7.90. The standard InChI is InChI=1S/C12H13F4NO3S/c1-21(19,20)7-6-10(18)17-11(12(14,15)16)8-2-4-9(13)5-3-8/h2-5,11H,6-7H2,1H3,(H,17,18)/t11-/m0/s1. The largest absolute Gasteiger partial charge is 0.412 e. The molecule has 0 saturated heterocycles. The van der Waals surface area contributed by atoms with E-state index in [2.05, 4.69) is 0 Å². The van der Waals surface area contributed by atoms with Gasteiger partial charge in [0.2, 0.25) is 5.91 Å². The number of nitrogens with one attached hydrogen (secondary N) is 1. The van der Waals surface area contributed by atoms with Gasteiger partial charge in [-0.1, -0.05) is 12.1 Å². The summed E-state index contributed by atoms with van der Waals surface area (Å²) in [4.78, 5) is 11.4. The van der Waals surface area contributed by atoms with Crippen LogP contribution < -0.4 is 5.32 Å². The van der Waals surface area contributed by atoms with Crippen LogP contribution in [0.3, 0.4) is 0 Å². The van der Waals surface area contributed by atoms with Crippen LogP contribution in [0.1, 0.15) is 18.0 Å². The van der Waals surface area contributed by atoms with Crippen molar-refractivity contribution in [2.24, 2.45) is 0 Å². The molecule has 1 aromatic carbocycles. The van der Waals surface area contributed by atoms with Gasteiger partial charge in [0.15, 0.2) is 6.04 Å². The maximum absolute atomic E-state index is 12.9. The molecule has 118 valence electrons. The lowest BCUT2D eigenvalue weighted by atomic mass is 10.1. The Morgan fingerprint density at radius 3 is 2.19 bits per heavy atom. The van der Waals surface area contributed by atoms with Crippen molar-refractivity contribution < 1.29 is 30.8 Å². The van der Waals surface area contributed by atoms with Gasteiger partial charge in [0, 0.05) is 12.7 Å². The average molecular weight is 327 g/mol. The van der Waals surface area contributed by atoms with Gasteiger partial charge in [-0.2, -0.15) is 13.2 Å². The molecule has 0 unspecified atom stereocenters. The van der Waals surface area contributed by atoms with E-state index in [-0.39, 0.29) is 5.56 Å². The number of amides is 1. The van der Waals surface area contributed by atoms with Crippen molar-refractivity contribution in [3.8, 4) is 0 Å². The number of carbonyl (C=O) groups is 1. The summed E-state index contributed by atoms with van der Waals surface area (Å²) in [6.45, 7) is 0. The number of rotatable bonds is 5. The molecular formula is C12H13F4NO3S. The van der Waals surface area contributed by atoms with Crippen molar-refractivity contribution in [1.82, 2.24) is 5.32 Å². The summed E-state index contributed by atoms with van der Waals surface area (Å²) in [5.74, 6) is -2.30. The Morgan fingerprint density at radius 1 is 1.24 bits per heavy atom. The van der Waals surface area contributed by atoms with Gasteiger partial charge in [-0.05, 0) is 17.7 Å². The monoisotopic (exact) mass is 327 g/mol. The molecule has 0 aliphatic rings. The highest BCUT2D eigenvalue weighted by Crippen LogP contribution is 2.32. The van der Waals surface area contributed by atoms with E-state index in [1.807, 2.05) is 0 Å². The molecule has 1 N–H and O–H groups in total. The van der Waals surface area contributed by atoms with Gasteiger partial charge in [-0.25, -0.2) is 12.8 Å². The number of alkyl halides is 3. The minimum atomic E-state index is -4.78. The highest BCUT2D eigenvalue weighted by Gasteiger charge is 2.41. The molecule has 0 saturated carbocycles. The van der Waals surface area contributed by atoms with Gasteiger partial charge in [-0.15, -0.1) is 0 Å². The summed E-state index contributed by atoms with van der Waals surface area (Å²) in [5, 5.41) is 1.71. The van der Waals surface area contributed by atoms with Crippen LogP contribution in [0.2, 0.25) is 0 Å². The van der Waals surface area contributed by atoms with Crippen LogP contribution in [0, 0.1) is 5.82 Å². The lowest BCUT2D eigenvalue weighted by Crippen LogP contribution is -2.38. The SMILES string of the molecule is CS(=O)(=O)CCC(=O)N[C@@H](c1ccc(F)cc1)C(F)(F)F. The van der Waals surface area contributed by atoms with Crippen LogP contribution >= 0.6 is 0 Å². The smallest absolute Gasteiger partial charge is 0.341 e. The number of benzene rings is 1. The van der Waals surface area contributed by atoms with Crippen LogP contribution in [-0.2, 0) is 14.6 Å². The minimum Gasteiger partial charge on any atom is -0.341 e. The molecule has 1 aromatic rings. The molecule has 0 aliphatic heterocycles. The normalized spacial score (nSPS) is 13.8. The van der Waals surface area contributed by atoms with E-state index in [0.717, 1.165) is 30.5 Å². The summed E-state index contributed by atoms with van der Waals surface area (Å²) in [6, 6.07) is 1.19. The Kier molecular flexibility index (Phi) is 5.32. The Morgan fingerprint density at radius 2 is 1.76 bits per heavy atom. The van der Waals surface area contributed by atoms with Crippen LogP contribution in [0.4, 0.5) is 17.6 Å². The lowest BCUT2D eigenvalue weighted by Gasteiger charge is -2.22. The summed E-state index contributed by atoms with van der Waals surface area (Å²) in [7, 11) is -3.45. The first-order valence-corrected chi connectivity index (χ1v) is 7.84. The van der Waals surface area contributed by atoms with Gasteiger partial charge in [0.05, 0.1) is 5.75 Å². The highest BCUT2D eigenvalue weighted by atomic mass is 32.2. The number of sulfone groups is 1. The van der Waals surface area contributed by atoms with Gasteiger partial charge in [0.25, 0.3) is 0 Å². The zero-order chi connectivity index (χ0) is 16.3. The van der Waals surface area contributed by atoms with E-state index >= 15 is 0 Å². The number of hydrogen-bond acceptors (Lipinski definition) is 3. The van der Waals surface area contributed by atoms with E-state index in [9.17, 15) is 30.8 Å². The fourth-order valence-corrected chi connectivity index (χ4v) is 2.08. The number of hydrogen-bond donors (Lipinski definition) is 1. The molecule has 9 heteroatoms. The van der Waals surface area contributed by atoms with Crippen molar-refractivity contribution in [2.45, 2.75) is 18.6 Å². The molecule has 0 heterocycles. The Bertz CT molecular complexity index is 596. The second-order valence-electron chi connectivity index (χ2n) is 4.47. The molecule has 0 aromatic heterocycles. The molecule has 1 rings (SSSR count). The first kappa shape index (κ1) is 17.4. The molecule has 0 radical (unpaired) electrons. The van der Waals surface area contributed by atoms with Crippen LogP contribution in [0.5, 0.6) is 0 Å². The summed E-state index contributed by atoms with van der Waals surface area (Å²) >= 11 is 0. The second-order valence-corrected chi connectivity index (χ2v) is 6.73. The van der Waals surface area contributed by atoms with Crippen LogP contribution in [0.15, 0.2) is 24.3 Å². The second kappa shape index (κ2) is 6.42. The molecule has 0 fully saturated rings. The Hall–Kier alpha value is -1.64. The van der Waals surface area contributed by atoms with Crippen LogP contribution in [0.25, 0.3) is 0 Å². The predicted octanol–water partition coefficient (Wildman–Crippen LogP) is 1.98. The van der Waals surface area contributed by atoms with Crippen molar-refractivity contribution in [2.75, 3.05) is 12.0 Å². The Balaban J connectivity index is 2.85. The predicted molar refractivity (Wildman–Crippen MR) is 67.7 cm³/mol. The Labute approximate surface area is 119 Å². The van der Waals surface area contributed by atoms with E-state index in [1.165, 1.54) is 0 Å². The summed E-state index contributed by atoms with van der Waals surface area (Å²) in [5.41, 5.74) is -0.336. The molecule has 1 amide bonds. The lowest BCUT2D eigenvalue weighted by molar-refractivity contribution is -0.163. The third-order valence-electron chi connectivity index (χ3n) is 2.54. The fraction of sp³-hybridized carbons (Fsp3) is 0.417. The molecule has 0 spiro atoms. The van der Waals surface area contributed by atoms with Gasteiger partial charge in [-0.3, -0.25) is 4.79 Å². The van der Waals surface area contributed by atoms with E-state index in [0.29, 0.717) is 0 Å². The maximum Gasteiger partial charge on any atom is 0.412 e. The molecule has 4 nitrogen and oxygen atoms in total. The zero-order valence-corrected chi connectivity index (χ0v) is 11.8. The summed E-state index contributed by atoms with van der Waals surface area (Å²) < 4.78 is 73.2. The van der Waals surface area contributed by atoms with Gasteiger partial charge in [0.1, 0.15) is 15.7 Å². The van der Waals surface area contributed by atoms with E-state index < -0.39 is 46.0 Å². The quantitative estimate of drug-likeness (QED) is 0.841. The van der Waals surface area contributed by atoms with Crippen LogP contribution in [-0.4, -0.2) is 32.5 Å². The number of halogens is 4. The molecule has 0 bridgehead atoms. The first-order valence-electron chi connectivity index (χ1n) is 5.78. The van der Waals surface area contributed by atoms with Crippen molar-refractivity contribution in [3.05, 3.63) is 35.6 Å². The topological polar surface area (TPSA) is 63.2 Å². The van der Waals surface area contributed by atoms with Crippen molar-refractivity contribution in [1.29, 1.82) is 0 Å². The zero-order valence-electron chi connectivity index (χ0n) is 10.9. The average Bonchev–Trinajstić information content (AvgIpc) is 2.32. The molecule has 1 atom stereocenters. The molecule has 21 heavy (non-hydrogen) atoms.